The Bertz CT molecular complexity index is 226. The summed E-state index contributed by atoms with van der Waals surface area (Å²) in [5, 5.41) is 3.49. The van der Waals surface area contributed by atoms with Gasteiger partial charge in [-0.2, -0.15) is 0 Å². The summed E-state index contributed by atoms with van der Waals surface area (Å²) < 4.78 is 0. The molecule has 0 spiro atoms. The molecule has 3 heteroatoms. The molecule has 0 saturated carbocycles. The van der Waals surface area contributed by atoms with Gasteiger partial charge in [0.2, 0.25) is 5.78 Å². The molecule has 0 saturated heterocycles. The van der Waals surface area contributed by atoms with E-state index < -0.39 is 0 Å². The molecular weight excluding hydrogens is 130 g/mol. The fourth-order valence-corrected chi connectivity index (χ4v) is 0.631. The van der Waals surface area contributed by atoms with Gasteiger partial charge in [0.15, 0.2) is 0 Å². The molecule has 0 aromatic carbocycles. The molecule has 0 amide bonds. The molecule has 0 unspecified atom stereocenters. The van der Waals surface area contributed by atoms with E-state index in [1.54, 1.807) is 18.2 Å². The molecule has 0 atom stereocenters. The van der Waals surface area contributed by atoms with Crippen molar-refractivity contribution in [3.05, 3.63) is 24.3 Å². The first-order valence-electron chi connectivity index (χ1n) is 2.85. The molecule has 1 aliphatic rings. The molecule has 0 aromatic heterocycles. The van der Waals surface area contributed by atoms with Gasteiger partial charge in [-0.15, -0.1) is 0 Å². The van der Waals surface area contributed by atoms with Gasteiger partial charge in [0.25, 0.3) is 0 Å². The van der Waals surface area contributed by atoms with Crippen LogP contribution in [0, 0.1) is 0 Å². The van der Waals surface area contributed by atoms with Crippen molar-refractivity contribution in [2.75, 3.05) is 7.11 Å². The van der Waals surface area contributed by atoms with Crippen molar-refractivity contribution in [1.29, 1.82) is 0 Å². The maximum absolute atomic E-state index is 10.8. The van der Waals surface area contributed by atoms with E-state index in [0.29, 0.717) is 5.71 Å². The zero-order valence-corrected chi connectivity index (χ0v) is 5.57. The molecule has 0 aliphatic heterocycles. The largest absolute Gasteiger partial charge is 0.399 e. The van der Waals surface area contributed by atoms with E-state index in [9.17, 15) is 4.79 Å². The third-order valence-corrected chi connectivity index (χ3v) is 1.05. The number of nitrogens with zero attached hydrogens (tertiary/aromatic N) is 1. The van der Waals surface area contributed by atoms with E-state index in [0.717, 1.165) is 0 Å². The first kappa shape index (κ1) is 6.74. The molecule has 1 aliphatic carbocycles. The second-order valence-corrected chi connectivity index (χ2v) is 1.74. The summed E-state index contributed by atoms with van der Waals surface area (Å²) in [7, 11) is 1.41. The molecule has 0 fully saturated rings. The van der Waals surface area contributed by atoms with Crippen LogP contribution < -0.4 is 0 Å². The quantitative estimate of drug-likeness (QED) is 0.394. The van der Waals surface area contributed by atoms with Crippen molar-refractivity contribution in [2.45, 2.75) is 0 Å². The molecule has 1 rings (SSSR count). The summed E-state index contributed by atoms with van der Waals surface area (Å²) in [6, 6.07) is 0. The Hall–Kier alpha value is -1.38. The van der Waals surface area contributed by atoms with Crippen molar-refractivity contribution >= 4 is 11.5 Å². The van der Waals surface area contributed by atoms with E-state index >= 15 is 0 Å². The molecule has 52 valence electrons. The lowest BCUT2D eigenvalue weighted by Crippen LogP contribution is -2.10. The average Bonchev–Trinajstić information content (AvgIpc) is 1.94. The Balaban J connectivity index is 2.80. The van der Waals surface area contributed by atoms with Crippen molar-refractivity contribution in [3.63, 3.8) is 0 Å². The second-order valence-electron chi connectivity index (χ2n) is 1.74. The third kappa shape index (κ3) is 1.31. The number of rotatable bonds is 1. The summed E-state index contributed by atoms with van der Waals surface area (Å²) in [5.74, 6) is -0.121. The van der Waals surface area contributed by atoms with E-state index in [2.05, 4.69) is 9.99 Å². The molecule has 0 bridgehead atoms. The highest BCUT2D eigenvalue weighted by molar-refractivity contribution is 6.48. The number of ketones is 1. The summed E-state index contributed by atoms with van der Waals surface area (Å²) in [6.45, 7) is 0. The zero-order chi connectivity index (χ0) is 7.40. The first-order valence-corrected chi connectivity index (χ1v) is 2.85. The number of oxime groups is 1. The van der Waals surface area contributed by atoms with Gasteiger partial charge < -0.3 is 4.84 Å². The number of hydrogen-bond donors (Lipinski definition) is 0. The zero-order valence-electron chi connectivity index (χ0n) is 5.57. The maximum Gasteiger partial charge on any atom is 0.207 e. The SMILES string of the molecule is CON=C1C=CC=CC1=O. The van der Waals surface area contributed by atoms with Crippen LogP contribution >= 0.6 is 0 Å². The Morgan fingerprint density at radius 3 is 2.70 bits per heavy atom. The smallest absolute Gasteiger partial charge is 0.207 e. The highest BCUT2D eigenvalue weighted by atomic mass is 16.6. The van der Waals surface area contributed by atoms with Gasteiger partial charge in [0.05, 0.1) is 0 Å². The number of carbonyl (C=O) groups is 1. The average molecular weight is 137 g/mol. The van der Waals surface area contributed by atoms with Gasteiger partial charge in [0.1, 0.15) is 12.8 Å². The standard InChI is InChI=1S/C7H7NO2/c1-10-8-6-4-2-3-5-7(6)9/h2-5H,1H3. The highest BCUT2D eigenvalue weighted by Gasteiger charge is 2.06. The lowest BCUT2D eigenvalue weighted by molar-refractivity contribution is -0.109. The normalized spacial score (nSPS) is 20.1. The van der Waals surface area contributed by atoms with Crippen LogP contribution in [0.3, 0.4) is 0 Å². The van der Waals surface area contributed by atoms with E-state index in [4.69, 9.17) is 0 Å². The summed E-state index contributed by atoms with van der Waals surface area (Å²) in [5.41, 5.74) is 0.338. The summed E-state index contributed by atoms with van der Waals surface area (Å²) in [6.07, 6.45) is 6.44. The molecule has 0 aromatic rings. The van der Waals surface area contributed by atoms with Gasteiger partial charge in [-0.05, 0) is 12.2 Å². The second kappa shape index (κ2) is 2.96. The van der Waals surface area contributed by atoms with Crippen molar-refractivity contribution in [2.24, 2.45) is 5.16 Å². The fourth-order valence-electron chi connectivity index (χ4n) is 0.631. The Labute approximate surface area is 58.7 Å². The van der Waals surface area contributed by atoms with Crippen LogP contribution in [-0.4, -0.2) is 18.6 Å². The van der Waals surface area contributed by atoms with E-state index in [-0.39, 0.29) is 5.78 Å². The van der Waals surface area contributed by atoms with Gasteiger partial charge in [-0.1, -0.05) is 17.3 Å². The topological polar surface area (TPSA) is 38.7 Å². The van der Waals surface area contributed by atoms with Gasteiger partial charge >= 0.3 is 0 Å². The summed E-state index contributed by atoms with van der Waals surface area (Å²) in [4.78, 5) is 15.3. The van der Waals surface area contributed by atoms with Crippen LogP contribution in [0.2, 0.25) is 0 Å². The minimum Gasteiger partial charge on any atom is -0.399 e. The van der Waals surface area contributed by atoms with Crippen LogP contribution in [0.5, 0.6) is 0 Å². The van der Waals surface area contributed by atoms with Crippen molar-refractivity contribution < 1.29 is 9.63 Å². The van der Waals surface area contributed by atoms with Gasteiger partial charge in [-0.25, -0.2) is 0 Å². The minimum atomic E-state index is -0.121. The lowest BCUT2D eigenvalue weighted by Gasteiger charge is -1.96. The number of allylic oxidation sites excluding steroid dienone is 4. The molecular formula is C7H7NO2. The van der Waals surface area contributed by atoms with Crippen LogP contribution in [0.25, 0.3) is 0 Å². The number of hydrogen-bond acceptors (Lipinski definition) is 3. The minimum absolute atomic E-state index is 0.121. The Morgan fingerprint density at radius 2 is 2.10 bits per heavy atom. The summed E-state index contributed by atoms with van der Waals surface area (Å²) >= 11 is 0. The van der Waals surface area contributed by atoms with E-state index in [1.165, 1.54) is 13.2 Å². The predicted octanol–water partition coefficient (Wildman–Crippen LogP) is 0.684. The Kier molecular flexibility index (Phi) is 1.99. The van der Waals surface area contributed by atoms with Crippen LogP contribution in [-0.2, 0) is 9.63 Å². The molecule has 0 radical (unpaired) electrons. The monoisotopic (exact) mass is 137 g/mol. The lowest BCUT2D eigenvalue weighted by atomic mass is 10.1. The fraction of sp³-hybridized carbons (Fsp3) is 0.143. The molecule has 0 heterocycles. The molecule has 10 heavy (non-hydrogen) atoms. The Morgan fingerprint density at radius 1 is 1.40 bits per heavy atom. The van der Waals surface area contributed by atoms with Crippen molar-refractivity contribution in [3.8, 4) is 0 Å². The third-order valence-electron chi connectivity index (χ3n) is 1.05. The first-order chi connectivity index (χ1) is 4.84. The van der Waals surface area contributed by atoms with E-state index in [1.807, 2.05) is 0 Å². The highest BCUT2D eigenvalue weighted by Crippen LogP contribution is 1.95. The van der Waals surface area contributed by atoms with Crippen LogP contribution in [0.15, 0.2) is 29.5 Å². The molecule has 0 N–H and O–H groups in total. The van der Waals surface area contributed by atoms with Crippen molar-refractivity contribution in [1.82, 2.24) is 0 Å². The van der Waals surface area contributed by atoms with Crippen LogP contribution in [0.1, 0.15) is 0 Å². The van der Waals surface area contributed by atoms with Gasteiger partial charge in [-0.3, -0.25) is 4.79 Å². The molecule has 3 nitrogen and oxygen atoms in total. The number of carbonyl (C=O) groups excluding carboxylic acids is 1. The van der Waals surface area contributed by atoms with Crippen LogP contribution in [0.4, 0.5) is 0 Å². The van der Waals surface area contributed by atoms with Gasteiger partial charge in [0, 0.05) is 0 Å². The maximum atomic E-state index is 10.8. The predicted molar refractivity (Wildman–Crippen MR) is 37.7 cm³/mol.